The van der Waals surface area contributed by atoms with Crippen molar-refractivity contribution in [2.75, 3.05) is 13.2 Å². The van der Waals surface area contributed by atoms with Crippen LogP contribution in [-0.4, -0.2) is 45.6 Å². The van der Waals surface area contributed by atoms with Crippen LogP contribution in [0.2, 0.25) is 0 Å². The van der Waals surface area contributed by atoms with Crippen LogP contribution >= 0.6 is 12.6 Å². The fraction of sp³-hybridized carbons (Fsp3) is 0.833. The quantitative estimate of drug-likeness (QED) is 0.495. The highest BCUT2D eigenvalue weighted by Gasteiger charge is 2.32. The Morgan fingerprint density at radius 2 is 2.36 bits per heavy atom. The maximum atomic E-state index is 10.5. The summed E-state index contributed by atoms with van der Waals surface area (Å²) >= 11 is 4.14. The van der Waals surface area contributed by atoms with Crippen molar-refractivity contribution >= 4 is 18.7 Å². The number of nitrogens with zero attached hydrogens (tertiary/aromatic N) is 1. The molecular weight excluding hydrogens is 166 g/mol. The largest absolute Gasteiger partial charge is 0.465 e. The van der Waals surface area contributed by atoms with Gasteiger partial charge >= 0.3 is 6.09 Å². The van der Waals surface area contributed by atoms with Crippen molar-refractivity contribution in [3.05, 3.63) is 0 Å². The molecule has 0 spiro atoms. The maximum absolute atomic E-state index is 10.5. The molecule has 2 N–H and O–H groups in total. The van der Waals surface area contributed by atoms with E-state index in [2.05, 4.69) is 12.6 Å². The lowest BCUT2D eigenvalue weighted by atomic mass is 10.2. The van der Waals surface area contributed by atoms with E-state index in [0.717, 1.165) is 0 Å². The van der Waals surface area contributed by atoms with E-state index >= 15 is 0 Å². The Labute approximate surface area is 70.2 Å². The van der Waals surface area contributed by atoms with Crippen molar-refractivity contribution < 1.29 is 15.0 Å². The van der Waals surface area contributed by atoms with Gasteiger partial charge in [-0.25, -0.2) is 4.79 Å². The summed E-state index contributed by atoms with van der Waals surface area (Å²) in [7, 11) is 0. The summed E-state index contributed by atoms with van der Waals surface area (Å²) in [5.41, 5.74) is 0. The monoisotopic (exact) mass is 177 g/mol. The highest BCUT2D eigenvalue weighted by atomic mass is 32.1. The Bertz CT molecular complexity index is 164. The topological polar surface area (TPSA) is 60.8 Å². The van der Waals surface area contributed by atoms with E-state index in [1.807, 2.05) is 0 Å². The molecular formula is C6H11NO3S. The van der Waals surface area contributed by atoms with Crippen molar-refractivity contribution in [2.45, 2.75) is 17.7 Å². The predicted octanol–water partition coefficient (Wildman–Crippen LogP) is 0.0294. The van der Waals surface area contributed by atoms with Gasteiger partial charge in [0, 0.05) is 11.8 Å². The van der Waals surface area contributed by atoms with E-state index in [0.29, 0.717) is 13.0 Å². The second kappa shape index (κ2) is 3.32. The van der Waals surface area contributed by atoms with E-state index in [1.54, 1.807) is 0 Å². The van der Waals surface area contributed by atoms with Crippen LogP contribution in [0.4, 0.5) is 4.79 Å². The molecule has 5 heteroatoms. The first kappa shape index (κ1) is 8.67. The van der Waals surface area contributed by atoms with Gasteiger partial charge in [0.05, 0.1) is 12.6 Å². The molecule has 1 heterocycles. The zero-order valence-electron chi connectivity index (χ0n) is 5.97. The van der Waals surface area contributed by atoms with Crippen LogP contribution in [0.25, 0.3) is 0 Å². The summed E-state index contributed by atoms with van der Waals surface area (Å²) in [4.78, 5) is 11.7. The first-order valence-corrected chi connectivity index (χ1v) is 3.95. The summed E-state index contributed by atoms with van der Waals surface area (Å²) in [6, 6.07) is -0.255. The Hall–Kier alpha value is -0.420. The number of hydrogen-bond acceptors (Lipinski definition) is 3. The smallest absolute Gasteiger partial charge is 0.407 e. The normalized spacial score (nSPS) is 30.9. The molecule has 0 bridgehead atoms. The molecule has 4 nitrogen and oxygen atoms in total. The fourth-order valence-electron chi connectivity index (χ4n) is 1.30. The zero-order chi connectivity index (χ0) is 8.43. The average molecular weight is 177 g/mol. The Morgan fingerprint density at radius 1 is 1.73 bits per heavy atom. The number of hydrogen-bond donors (Lipinski definition) is 3. The van der Waals surface area contributed by atoms with Crippen LogP contribution in [0, 0.1) is 0 Å². The summed E-state index contributed by atoms with van der Waals surface area (Å²) in [5.74, 6) is 0. The molecule has 1 amide bonds. The molecule has 1 saturated heterocycles. The van der Waals surface area contributed by atoms with Crippen molar-refractivity contribution in [3.63, 3.8) is 0 Å². The summed E-state index contributed by atoms with van der Waals surface area (Å²) < 4.78 is 0. The molecule has 0 aliphatic carbocycles. The Balaban J connectivity index is 2.57. The molecule has 2 unspecified atom stereocenters. The number of aliphatic hydroxyl groups is 1. The van der Waals surface area contributed by atoms with Gasteiger partial charge in [0.25, 0.3) is 0 Å². The Morgan fingerprint density at radius 3 is 2.73 bits per heavy atom. The van der Waals surface area contributed by atoms with Gasteiger partial charge in [0.2, 0.25) is 0 Å². The number of aliphatic hydroxyl groups excluding tert-OH is 1. The summed E-state index contributed by atoms with van der Waals surface area (Å²) in [6.45, 7) is 0.313. The SMILES string of the molecule is O=C(O)N1CC(S)CC1CO. The minimum atomic E-state index is -0.972. The van der Waals surface area contributed by atoms with Gasteiger partial charge < -0.3 is 15.1 Å². The lowest BCUT2D eigenvalue weighted by Crippen LogP contribution is -2.36. The van der Waals surface area contributed by atoms with Crippen LogP contribution in [0.1, 0.15) is 6.42 Å². The average Bonchev–Trinajstić information content (AvgIpc) is 2.30. The molecule has 0 radical (unpaired) electrons. The lowest BCUT2D eigenvalue weighted by molar-refractivity contribution is 0.118. The maximum Gasteiger partial charge on any atom is 0.407 e. The number of carbonyl (C=O) groups is 1. The summed E-state index contributed by atoms with van der Waals surface area (Å²) in [6.07, 6.45) is -0.327. The van der Waals surface area contributed by atoms with Crippen LogP contribution < -0.4 is 0 Å². The Kier molecular flexibility index (Phi) is 2.62. The van der Waals surface area contributed by atoms with Gasteiger partial charge in [0.15, 0.2) is 0 Å². The first-order chi connectivity index (χ1) is 5.15. The molecule has 1 fully saturated rings. The third-order valence-corrected chi connectivity index (χ3v) is 2.22. The van der Waals surface area contributed by atoms with E-state index in [4.69, 9.17) is 10.2 Å². The van der Waals surface area contributed by atoms with Crippen molar-refractivity contribution in [1.82, 2.24) is 4.90 Å². The van der Waals surface area contributed by atoms with E-state index in [1.165, 1.54) is 4.90 Å². The summed E-state index contributed by atoms with van der Waals surface area (Å²) in [5, 5.41) is 17.5. The number of amides is 1. The number of thiol groups is 1. The molecule has 1 aliphatic rings. The minimum Gasteiger partial charge on any atom is -0.465 e. The third kappa shape index (κ3) is 1.78. The third-order valence-electron chi connectivity index (χ3n) is 1.85. The van der Waals surface area contributed by atoms with Gasteiger partial charge in [-0.2, -0.15) is 12.6 Å². The number of likely N-dealkylation sites (tertiary alicyclic amines) is 1. The predicted molar refractivity (Wildman–Crippen MR) is 43.0 cm³/mol. The standard InChI is InChI=1S/C6H11NO3S/c8-3-4-1-5(11)2-7(4)6(9)10/h4-5,8,11H,1-3H2,(H,9,10). The minimum absolute atomic E-state index is 0.0725. The number of carboxylic acid groups (broad SMARTS) is 1. The lowest BCUT2D eigenvalue weighted by Gasteiger charge is -2.18. The molecule has 0 aromatic carbocycles. The van der Waals surface area contributed by atoms with Gasteiger partial charge in [0.1, 0.15) is 0 Å². The van der Waals surface area contributed by atoms with Crippen molar-refractivity contribution in [1.29, 1.82) is 0 Å². The van der Waals surface area contributed by atoms with Gasteiger partial charge in [-0.1, -0.05) is 0 Å². The van der Waals surface area contributed by atoms with E-state index in [9.17, 15) is 4.79 Å². The molecule has 0 saturated carbocycles. The molecule has 64 valence electrons. The van der Waals surface area contributed by atoms with Gasteiger partial charge in [-0.05, 0) is 6.42 Å². The van der Waals surface area contributed by atoms with Crippen LogP contribution in [0.3, 0.4) is 0 Å². The van der Waals surface area contributed by atoms with Crippen molar-refractivity contribution in [3.8, 4) is 0 Å². The fourth-order valence-corrected chi connectivity index (χ4v) is 1.72. The molecule has 0 aromatic rings. The van der Waals surface area contributed by atoms with E-state index < -0.39 is 6.09 Å². The molecule has 2 atom stereocenters. The number of rotatable bonds is 1. The van der Waals surface area contributed by atoms with Crippen LogP contribution in [0.15, 0.2) is 0 Å². The molecule has 1 aliphatic heterocycles. The second-order valence-electron chi connectivity index (χ2n) is 2.66. The van der Waals surface area contributed by atoms with Gasteiger partial charge in [-0.3, -0.25) is 0 Å². The van der Waals surface area contributed by atoms with Gasteiger partial charge in [-0.15, -0.1) is 0 Å². The van der Waals surface area contributed by atoms with Crippen molar-refractivity contribution in [2.24, 2.45) is 0 Å². The molecule has 11 heavy (non-hydrogen) atoms. The molecule has 1 rings (SSSR count). The van der Waals surface area contributed by atoms with E-state index in [-0.39, 0.29) is 17.9 Å². The van der Waals surface area contributed by atoms with Crippen LogP contribution in [0.5, 0.6) is 0 Å². The first-order valence-electron chi connectivity index (χ1n) is 3.43. The highest BCUT2D eigenvalue weighted by molar-refractivity contribution is 7.81. The zero-order valence-corrected chi connectivity index (χ0v) is 6.87. The second-order valence-corrected chi connectivity index (χ2v) is 3.39. The highest BCUT2D eigenvalue weighted by Crippen LogP contribution is 2.20. The van der Waals surface area contributed by atoms with Crippen LogP contribution in [-0.2, 0) is 0 Å². The molecule has 0 aromatic heterocycles.